The zero-order valence-corrected chi connectivity index (χ0v) is 12.2. The van der Waals surface area contributed by atoms with Gasteiger partial charge in [0, 0.05) is 32.4 Å². The number of aromatic nitrogens is 1. The Morgan fingerprint density at radius 2 is 1.81 bits per heavy atom. The SMILES string of the molecule is NS(=O)(=O)N1CCN(c2ncc(C(F)(F)F)cc2Cl)CC1. The van der Waals surface area contributed by atoms with Crippen LogP contribution in [0.2, 0.25) is 5.02 Å². The zero-order chi connectivity index (χ0) is 15.8. The first-order valence-corrected chi connectivity index (χ1v) is 7.73. The molecular weight excluding hydrogens is 333 g/mol. The average Bonchev–Trinajstić information content (AvgIpc) is 2.36. The fourth-order valence-electron chi connectivity index (χ4n) is 1.97. The maximum Gasteiger partial charge on any atom is 0.417 e. The van der Waals surface area contributed by atoms with Gasteiger partial charge in [0.05, 0.1) is 10.6 Å². The topological polar surface area (TPSA) is 79.5 Å². The summed E-state index contributed by atoms with van der Waals surface area (Å²) >= 11 is 5.83. The Kier molecular flexibility index (Phi) is 4.34. The summed E-state index contributed by atoms with van der Waals surface area (Å²) in [5.41, 5.74) is -0.931. The van der Waals surface area contributed by atoms with E-state index in [1.165, 1.54) is 0 Å². The highest BCUT2D eigenvalue weighted by molar-refractivity contribution is 7.86. The van der Waals surface area contributed by atoms with Crippen molar-refractivity contribution in [1.29, 1.82) is 0 Å². The Hall–Kier alpha value is -1.10. The number of pyridine rings is 1. The minimum atomic E-state index is -4.51. The third-order valence-electron chi connectivity index (χ3n) is 3.05. The standard InChI is InChI=1S/C10H12ClF3N4O2S/c11-8-5-7(10(12,13)14)6-16-9(8)17-1-3-18(4-2-17)21(15,19)20/h5-6H,1-4H2,(H2,15,19,20). The van der Waals surface area contributed by atoms with Gasteiger partial charge in [0.1, 0.15) is 5.82 Å². The molecule has 0 saturated carbocycles. The van der Waals surface area contributed by atoms with E-state index < -0.39 is 21.9 Å². The van der Waals surface area contributed by atoms with Crippen molar-refractivity contribution in [3.05, 3.63) is 22.8 Å². The lowest BCUT2D eigenvalue weighted by atomic mass is 10.2. The lowest BCUT2D eigenvalue weighted by Gasteiger charge is -2.34. The Balaban J connectivity index is 2.14. The summed E-state index contributed by atoms with van der Waals surface area (Å²) in [6, 6.07) is 0.802. The fraction of sp³-hybridized carbons (Fsp3) is 0.500. The number of anilines is 1. The predicted octanol–water partition coefficient (Wildman–Crippen LogP) is 1.08. The second kappa shape index (κ2) is 5.59. The van der Waals surface area contributed by atoms with E-state index in [2.05, 4.69) is 4.98 Å². The molecule has 1 fully saturated rings. The summed E-state index contributed by atoms with van der Waals surface area (Å²) < 4.78 is 61.0. The largest absolute Gasteiger partial charge is 0.417 e. The van der Waals surface area contributed by atoms with Crippen molar-refractivity contribution < 1.29 is 21.6 Å². The number of nitrogens with two attached hydrogens (primary N) is 1. The second-order valence-electron chi connectivity index (χ2n) is 4.46. The molecule has 0 unspecified atom stereocenters. The Morgan fingerprint density at radius 1 is 1.24 bits per heavy atom. The van der Waals surface area contributed by atoms with Gasteiger partial charge in [-0.05, 0) is 6.07 Å². The number of rotatable bonds is 2. The Labute approximate surface area is 124 Å². The summed E-state index contributed by atoms with van der Waals surface area (Å²) in [5, 5.41) is 4.87. The highest BCUT2D eigenvalue weighted by Gasteiger charge is 2.32. The molecule has 2 N–H and O–H groups in total. The van der Waals surface area contributed by atoms with Gasteiger partial charge in [-0.2, -0.15) is 25.9 Å². The molecule has 1 aromatic heterocycles. The van der Waals surface area contributed by atoms with Crippen molar-refractivity contribution in [3.63, 3.8) is 0 Å². The Bertz CT molecular complexity index is 630. The summed E-state index contributed by atoms with van der Waals surface area (Å²) in [6.45, 7) is 0.735. The molecule has 0 aromatic carbocycles. The minimum absolute atomic E-state index is 0.123. The minimum Gasteiger partial charge on any atom is -0.353 e. The van der Waals surface area contributed by atoms with E-state index in [9.17, 15) is 21.6 Å². The van der Waals surface area contributed by atoms with Crippen LogP contribution >= 0.6 is 11.6 Å². The van der Waals surface area contributed by atoms with Crippen LogP contribution in [0.4, 0.5) is 19.0 Å². The van der Waals surface area contributed by atoms with Crippen molar-refractivity contribution in [1.82, 2.24) is 9.29 Å². The van der Waals surface area contributed by atoms with Crippen LogP contribution < -0.4 is 10.0 Å². The van der Waals surface area contributed by atoms with Gasteiger partial charge in [-0.3, -0.25) is 0 Å². The monoisotopic (exact) mass is 344 g/mol. The van der Waals surface area contributed by atoms with Crippen molar-refractivity contribution in [2.75, 3.05) is 31.1 Å². The number of halogens is 4. The third kappa shape index (κ3) is 3.76. The molecule has 0 radical (unpaired) electrons. The van der Waals surface area contributed by atoms with E-state index in [1.807, 2.05) is 0 Å². The molecule has 0 amide bonds. The lowest BCUT2D eigenvalue weighted by molar-refractivity contribution is -0.137. The van der Waals surface area contributed by atoms with Gasteiger partial charge in [-0.1, -0.05) is 11.6 Å². The van der Waals surface area contributed by atoms with E-state index in [-0.39, 0.29) is 37.0 Å². The van der Waals surface area contributed by atoms with E-state index in [4.69, 9.17) is 16.7 Å². The lowest BCUT2D eigenvalue weighted by Crippen LogP contribution is -2.51. The predicted molar refractivity (Wildman–Crippen MR) is 71.1 cm³/mol. The van der Waals surface area contributed by atoms with Gasteiger partial charge in [-0.25, -0.2) is 10.1 Å². The molecule has 2 heterocycles. The van der Waals surface area contributed by atoms with E-state index in [0.29, 0.717) is 6.20 Å². The third-order valence-corrected chi connectivity index (χ3v) is 4.41. The van der Waals surface area contributed by atoms with Gasteiger partial charge in [-0.15, -0.1) is 0 Å². The maximum atomic E-state index is 12.5. The van der Waals surface area contributed by atoms with Crippen LogP contribution in [-0.4, -0.2) is 43.9 Å². The van der Waals surface area contributed by atoms with Gasteiger partial charge < -0.3 is 4.90 Å². The summed E-state index contributed by atoms with van der Waals surface area (Å²) in [7, 11) is -3.76. The molecule has 0 atom stereocenters. The molecular formula is C10H12ClF3N4O2S. The quantitative estimate of drug-likeness (QED) is 0.870. The number of piperazine rings is 1. The van der Waals surface area contributed by atoms with Crippen molar-refractivity contribution in [2.24, 2.45) is 5.14 Å². The van der Waals surface area contributed by atoms with Crippen LogP contribution in [0, 0.1) is 0 Å². The highest BCUT2D eigenvalue weighted by Crippen LogP contribution is 2.33. The normalized spacial score (nSPS) is 18.0. The first-order chi connectivity index (χ1) is 9.59. The number of nitrogens with zero attached hydrogens (tertiary/aromatic N) is 3. The molecule has 1 aliphatic rings. The number of alkyl halides is 3. The molecule has 2 rings (SSSR count). The molecule has 6 nitrogen and oxygen atoms in total. The average molecular weight is 345 g/mol. The van der Waals surface area contributed by atoms with Crippen molar-refractivity contribution >= 4 is 27.6 Å². The molecule has 1 aromatic rings. The van der Waals surface area contributed by atoms with Crippen LogP contribution in [-0.2, 0) is 16.4 Å². The smallest absolute Gasteiger partial charge is 0.353 e. The van der Waals surface area contributed by atoms with Crippen LogP contribution in [0.5, 0.6) is 0 Å². The van der Waals surface area contributed by atoms with Crippen LogP contribution in [0.1, 0.15) is 5.56 Å². The number of hydrogen-bond donors (Lipinski definition) is 1. The molecule has 0 aliphatic carbocycles. The van der Waals surface area contributed by atoms with Crippen LogP contribution in [0.3, 0.4) is 0 Å². The highest BCUT2D eigenvalue weighted by atomic mass is 35.5. The first-order valence-electron chi connectivity index (χ1n) is 5.84. The Morgan fingerprint density at radius 3 is 2.24 bits per heavy atom. The summed E-state index contributed by atoms with van der Waals surface area (Å²) in [5.74, 6) is 0.193. The molecule has 1 saturated heterocycles. The second-order valence-corrected chi connectivity index (χ2v) is 6.41. The van der Waals surface area contributed by atoms with Gasteiger partial charge in [0.25, 0.3) is 10.2 Å². The molecule has 21 heavy (non-hydrogen) atoms. The number of hydrogen-bond acceptors (Lipinski definition) is 4. The molecule has 118 valence electrons. The summed E-state index contributed by atoms with van der Waals surface area (Å²) in [6.07, 6.45) is -3.81. The van der Waals surface area contributed by atoms with E-state index in [0.717, 1.165) is 10.4 Å². The maximum absolute atomic E-state index is 12.5. The van der Waals surface area contributed by atoms with Crippen LogP contribution in [0.25, 0.3) is 0 Å². The zero-order valence-electron chi connectivity index (χ0n) is 10.6. The van der Waals surface area contributed by atoms with Gasteiger partial charge in [0.2, 0.25) is 0 Å². The fourth-order valence-corrected chi connectivity index (χ4v) is 2.93. The summed E-state index contributed by atoms with van der Waals surface area (Å²) in [4.78, 5) is 5.35. The first kappa shape index (κ1) is 16.3. The van der Waals surface area contributed by atoms with Crippen molar-refractivity contribution in [3.8, 4) is 0 Å². The van der Waals surface area contributed by atoms with Crippen LogP contribution in [0.15, 0.2) is 12.3 Å². The molecule has 1 aliphatic heterocycles. The van der Waals surface area contributed by atoms with Gasteiger partial charge >= 0.3 is 6.18 Å². The molecule has 11 heteroatoms. The van der Waals surface area contributed by atoms with Crippen molar-refractivity contribution in [2.45, 2.75) is 6.18 Å². The van der Waals surface area contributed by atoms with Gasteiger partial charge in [0.15, 0.2) is 0 Å². The molecule has 0 spiro atoms. The van der Waals surface area contributed by atoms with E-state index in [1.54, 1.807) is 4.90 Å². The van der Waals surface area contributed by atoms with E-state index >= 15 is 0 Å². The molecule has 0 bridgehead atoms.